The molecule has 0 unspecified atom stereocenters. The summed E-state index contributed by atoms with van der Waals surface area (Å²) in [6.07, 6.45) is -2.91. The predicted octanol–water partition coefficient (Wildman–Crippen LogP) is 2.04. The first-order valence-electron chi connectivity index (χ1n) is 7.01. The van der Waals surface area contributed by atoms with Gasteiger partial charge < -0.3 is 16.2 Å². The molecule has 0 saturated carbocycles. The highest BCUT2D eigenvalue weighted by Gasteiger charge is 2.37. The normalized spacial score (nSPS) is 11.3. The van der Waals surface area contributed by atoms with Crippen molar-refractivity contribution in [2.45, 2.75) is 12.6 Å². The third-order valence-corrected chi connectivity index (χ3v) is 3.07. The largest absolute Gasteiger partial charge is 0.478 e. The van der Waals surface area contributed by atoms with Crippen molar-refractivity contribution in [3.63, 3.8) is 0 Å². The molecule has 0 saturated heterocycles. The van der Waals surface area contributed by atoms with Gasteiger partial charge in [0.05, 0.1) is 17.7 Å². The highest BCUT2D eigenvalue weighted by Crippen LogP contribution is 2.33. The third kappa shape index (κ3) is 3.99. The van der Waals surface area contributed by atoms with Crippen LogP contribution in [0.2, 0.25) is 0 Å². The van der Waals surface area contributed by atoms with Gasteiger partial charge in [0.15, 0.2) is 0 Å². The molecule has 0 aliphatic carbocycles. The van der Waals surface area contributed by atoms with E-state index in [1.54, 1.807) is 0 Å². The smallest absolute Gasteiger partial charge is 0.418 e. The lowest BCUT2D eigenvalue weighted by molar-refractivity contribution is -0.138. The molecule has 24 heavy (non-hydrogen) atoms. The lowest BCUT2D eigenvalue weighted by Gasteiger charge is -2.13. The number of ketones is 1. The summed E-state index contributed by atoms with van der Waals surface area (Å²) < 4.78 is 44.7. The number of nitrogens with two attached hydrogens (primary N) is 2. The fraction of sp³-hybridized carbons (Fsp3) is 0.267. The lowest BCUT2D eigenvalue weighted by Crippen LogP contribution is -2.18. The molecule has 0 aliphatic rings. The summed E-state index contributed by atoms with van der Waals surface area (Å²) in [5.41, 5.74) is 8.78. The van der Waals surface area contributed by atoms with E-state index in [9.17, 15) is 18.0 Å². The van der Waals surface area contributed by atoms with Crippen molar-refractivity contribution >= 4 is 11.6 Å². The molecule has 0 atom stereocenters. The minimum Gasteiger partial charge on any atom is -0.478 e. The number of alkyl halides is 3. The summed E-state index contributed by atoms with van der Waals surface area (Å²) in [7, 11) is 0. The summed E-state index contributed by atoms with van der Waals surface area (Å²) >= 11 is 0. The SMILES string of the molecule is NCCCOc1ccc(C(F)(F)F)c(C(=O)c2cccnc2N)n1. The molecule has 0 fully saturated rings. The molecule has 9 heteroatoms. The highest BCUT2D eigenvalue weighted by atomic mass is 19.4. The summed E-state index contributed by atoms with van der Waals surface area (Å²) in [5.74, 6) is -1.24. The Hall–Kier alpha value is -2.68. The van der Waals surface area contributed by atoms with Crippen LogP contribution in [0.1, 0.15) is 28.0 Å². The fourth-order valence-corrected chi connectivity index (χ4v) is 1.92. The third-order valence-electron chi connectivity index (χ3n) is 3.07. The Balaban J connectivity index is 2.46. The number of carbonyl (C=O) groups excluding carboxylic acids is 1. The van der Waals surface area contributed by atoms with Gasteiger partial charge in [-0.2, -0.15) is 13.2 Å². The van der Waals surface area contributed by atoms with Crippen LogP contribution in [0.5, 0.6) is 5.88 Å². The molecule has 6 nitrogen and oxygen atoms in total. The van der Waals surface area contributed by atoms with Gasteiger partial charge >= 0.3 is 6.18 Å². The van der Waals surface area contributed by atoms with Crippen LogP contribution in [0.25, 0.3) is 0 Å². The number of rotatable bonds is 6. The Morgan fingerprint density at radius 1 is 1.25 bits per heavy atom. The molecule has 4 N–H and O–H groups in total. The topological polar surface area (TPSA) is 104 Å². The van der Waals surface area contributed by atoms with Crippen LogP contribution in [0.15, 0.2) is 30.5 Å². The second kappa shape index (κ2) is 7.26. The van der Waals surface area contributed by atoms with E-state index in [1.807, 2.05) is 0 Å². The average molecular weight is 340 g/mol. The van der Waals surface area contributed by atoms with Crippen molar-refractivity contribution in [3.8, 4) is 5.88 Å². The number of halogens is 3. The Bertz CT molecular complexity index is 735. The van der Waals surface area contributed by atoms with E-state index in [4.69, 9.17) is 16.2 Å². The van der Waals surface area contributed by atoms with Gasteiger partial charge in [0, 0.05) is 12.3 Å². The number of ether oxygens (including phenoxy) is 1. The second-order valence-corrected chi connectivity index (χ2v) is 4.80. The zero-order valence-electron chi connectivity index (χ0n) is 12.5. The zero-order valence-corrected chi connectivity index (χ0v) is 12.5. The van der Waals surface area contributed by atoms with Crippen molar-refractivity contribution in [2.24, 2.45) is 5.73 Å². The number of hydrogen-bond acceptors (Lipinski definition) is 6. The average Bonchev–Trinajstić information content (AvgIpc) is 2.54. The maximum Gasteiger partial charge on any atom is 0.418 e. The van der Waals surface area contributed by atoms with E-state index in [0.29, 0.717) is 13.0 Å². The van der Waals surface area contributed by atoms with Crippen LogP contribution in [0.4, 0.5) is 19.0 Å². The van der Waals surface area contributed by atoms with E-state index >= 15 is 0 Å². The standard InChI is InChI=1S/C15H15F3N4O2/c16-15(17,18)10-4-5-11(24-8-2-6-19)22-12(10)13(23)9-3-1-7-21-14(9)20/h1,3-5,7H,2,6,8,19H2,(H2,20,21). The van der Waals surface area contributed by atoms with E-state index < -0.39 is 23.2 Å². The Kier molecular flexibility index (Phi) is 5.35. The first-order chi connectivity index (χ1) is 11.3. The number of hydrogen-bond donors (Lipinski definition) is 2. The Morgan fingerprint density at radius 2 is 2.00 bits per heavy atom. The summed E-state index contributed by atoms with van der Waals surface area (Å²) in [6, 6.07) is 4.50. The molecule has 0 bridgehead atoms. The fourth-order valence-electron chi connectivity index (χ4n) is 1.92. The maximum absolute atomic E-state index is 13.2. The molecule has 0 aliphatic heterocycles. The molecular formula is C15H15F3N4O2. The maximum atomic E-state index is 13.2. The quantitative estimate of drug-likeness (QED) is 0.616. The van der Waals surface area contributed by atoms with Gasteiger partial charge in [-0.1, -0.05) is 0 Å². The van der Waals surface area contributed by atoms with E-state index in [-0.39, 0.29) is 23.9 Å². The number of carbonyl (C=O) groups is 1. The van der Waals surface area contributed by atoms with Gasteiger partial charge in [-0.3, -0.25) is 4.79 Å². The Labute approximate surface area is 135 Å². The van der Waals surface area contributed by atoms with Crippen LogP contribution >= 0.6 is 0 Å². The van der Waals surface area contributed by atoms with E-state index in [1.165, 1.54) is 18.3 Å². The number of aromatic nitrogens is 2. The van der Waals surface area contributed by atoms with Gasteiger partial charge in [0.25, 0.3) is 0 Å². The lowest BCUT2D eigenvalue weighted by atomic mass is 10.0. The molecular weight excluding hydrogens is 325 g/mol. The molecule has 2 heterocycles. The minimum atomic E-state index is -4.75. The van der Waals surface area contributed by atoms with Gasteiger partial charge in [-0.05, 0) is 31.2 Å². The van der Waals surface area contributed by atoms with Crippen molar-refractivity contribution in [1.29, 1.82) is 0 Å². The molecule has 0 amide bonds. The van der Waals surface area contributed by atoms with Crippen LogP contribution in [-0.2, 0) is 6.18 Å². The first kappa shape index (κ1) is 17.7. The molecule has 0 radical (unpaired) electrons. The van der Waals surface area contributed by atoms with Crippen molar-refractivity contribution in [1.82, 2.24) is 9.97 Å². The van der Waals surface area contributed by atoms with Crippen LogP contribution in [0.3, 0.4) is 0 Å². The highest BCUT2D eigenvalue weighted by molar-refractivity contribution is 6.11. The van der Waals surface area contributed by atoms with E-state index in [0.717, 1.165) is 12.1 Å². The van der Waals surface area contributed by atoms with Crippen molar-refractivity contribution in [2.75, 3.05) is 18.9 Å². The first-order valence-corrected chi connectivity index (χ1v) is 7.01. The number of anilines is 1. The molecule has 0 spiro atoms. The molecule has 2 rings (SSSR count). The van der Waals surface area contributed by atoms with Crippen LogP contribution < -0.4 is 16.2 Å². The zero-order chi connectivity index (χ0) is 17.7. The summed E-state index contributed by atoms with van der Waals surface area (Å²) in [5, 5.41) is 0. The van der Waals surface area contributed by atoms with Gasteiger partial charge in [-0.15, -0.1) is 0 Å². The summed E-state index contributed by atoms with van der Waals surface area (Å²) in [4.78, 5) is 19.9. The summed E-state index contributed by atoms with van der Waals surface area (Å²) in [6.45, 7) is 0.538. The van der Waals surface area contributed by atoms with E-state index in [2.05, 4.69) is 9.97 Å². The van der Waals surface area contributed by atoms with Gasteiger partial charge in [0.2, 0.25) is 11.7 Å². The number of nitrogens with zero attached hydrogens (tertiary/aromatic N) is 2. The predicted molar refractivity (Wildman–Crippen MR) is 80.5 cm³/mol. The number of pyridine rings is 2. The van der Waals surface area contributed by atoms with Crippen molar-refractivity contribution < 1.29 is 22.7 Å². The van der Waals surface area contributed by atoms with Crippen LogP contribution in [-0.4, -0.2) is 28.9 Å². The molecule has 0 aromatic carbocycles. The molecule has 128 valence electrons. The van der Waals surface area contributed by atoms with Crippen molar-refractivity contribution in [3.05, 3.63) is 47.3 Å². The van der Waals surface area contributed by atoms with Crippen LogP contribution in [0, 0.1) is 0 Å². The monoisotopic (exact) mass is 340 g/mol. The molecule has 2 aromatic heterocycles. The number of nitrogen functional groups attached to an aromatic ring is 1. The van der Waals surface area contributed by atoms with Gasteiger partial charge in [-0.25, -0.2) is 9.97 Å². The minimum absolute atomic E-state index is 0.0951. The Morgan fingerprint density at radius 3 is 2.62 bits per heavy atom. The van der Waals surface area contributed by atoms with Gasteiger partial charge in [0.1, 0.15) is 11.5 Å². The molecule has 2 aromatic rings. The second-order valence-electron chi connectivity index (χ2n) is 4.80.